The average Bonchev–Trinajstić information content (AvgIpc) is 2.82. The van der Waals surface area contributed by atoms with Gasteiger partial charge >= 0.3 is 0 Å². The predicted octanol–water partition coefficient (Wildman–Crippen LogP) is 4.03. The number of phenols is 1. The molecule has 0 saturated carbocycles. The predicted molar refractivity (Wildman–Crippen MR) is 131 cm³/mol. The number of hydrazone groups is 1. The topological polar surface area (TPSA) is 96.6 Å². The number of phenolic OH excluding ortho intramolecular Hbond substituents is 1. The first kappa shape index (κ1) is 22.3. The van der Waals surface area contributed by atoms with Crippen molar-refractivity contribution in [2.75, 3.05) is 5.75 Å². The van der Waals surface area contributed by atoms with Gasteiger partial charge in [0, 0.05) is 5.56 Å². The summed E-state index contributed by atoms with van der Waals surface area (Å²) in [6.07, 6.45) is 0. The summed E-state index contributed by atoms with van der Waals surface area (Å²) < 4.78 is 1.55. The summed E-state index contributed by atoms with van der Waals surface area (Å²) in [5, 5.41) is 15.0. The van der Waals surface area contributed by atoms with Crippen LogP contribution in [0.15, 0.2) is 87.8 Å². The molecule has 0 aliphatic heterocycles. The fourth-order valence-electron chi connectivity index (χ4n) is 3.38. The Kier molecular flexibility index (Phi) is 6.55. The van der Waals surface area contributed by atoms with Gasteiger partial charge < -0.3 is 5.11 Å². The van der Waals surface area contributed by atoms with E-state index in [1.165, 1.54) is 0 Å². The Morgan fingerprint density at radius 2 is 1.76 bits per heavy atom. The van der Waals surface area contributed by atoms with Crippen LogP contribution < -0.4 is 11.0 Å². The van der Waals surface area contributed by atoms with E-state index in [0.29, 0.717) is 27.3 Å². The van der Waals surface area contributed by atoms with Gasteiger partial charge in [0.2, 0.25) is 0 Å². The molecule has 0 aliphatic carbocycles. The van der Waals surface area contributed by atoms with E-state index in [2.05, 4.69) is 15.5 Å². The van der Waals surface area contributed by atoms with Gasteiger partial charge in [0.15, 0.2) is 5.16 Å². The third-order valence-corrected chi connectivity index (χ3v) is 6.01. The molecule has 4 rings (SSSR count). The zero-order valence-corrected chi connectivity index (χ0v) is 19.0. The van der Waals surface area contributed by atoms with Crippen molar-refractivity contribution in [3.63, 3.8) is 0 Å². The van der Waals surface area contributed by atoms with E-state index >= 15 is 0 Å². The lowest BCUT2D eigenvalue weighted by Gasteiger charge is -2.14. The number of carbonyl (C=O) groups is 1. The van der Waals surface area contributed by atoms with E-state index in [1.807, 2.05) is 37.3 Å². The highest BCUT2D eigenvalue weighted by atomic mass is 32.2. The van der Waals surface area contributed by atoms with Crippen molar-refractivity contribution in [2.24, 2.45) is 5.10 Å². The number of thioether (sulfide) groups is 1. The number of aromatic nitrogens is 2. The molecule has 166 valence electrons. The number of nitrogens with one attached hydrogen (secondary N) is 1. The summed E-state index contributed by atoms with van der Waals surface area (Å²) in [6.45, 7) is 3.62. The first-order valence-corrected chi connectivity index (χ1v) is 11.3. The number of nitrogens with zero attached hydrogens (tertiary/aromatic N) is 3. The maximum atomic E-state index is 13.3. The van der Waals surface area contributed by atoms with Crippen LogP contribution in [0.1, 0.15) is 18.1 Å². The van der Waals surface area contributed by atoms with E-state index in [9.17, 15) is 14.7 Å². The third kappa shape index (κ3) is 4.80. The van der Waals surface area contributed by atoms with E-state index in [4.69, 9.17) is 0 Å². The molecule has 0 spiro atoms. The van der Waals surface area contributed by atoms with Crippen LogP contribution in [0.4, 0.5) is 0 Å². The minimum atomic E-state index is -0.353. The Labute approximate surface area is 194 Å². The van der Waals surface area contributed by atoms with Crippen molar-refractivity contribution >= 4 is 34.3 Å². The Morgan fingerprint density at radius 3 is 2.55 bits per heavy atom. The highest BCUT2D eigenvalue weighted by Crippen LogP contribution is 2.23. The van der Waals surface area contributed by atoms with Gasteiger partial charge in [0.1, 0.15) is 5.75 Å². The van der Waals surface area contributed by atoms with Crippen LogP contribution in [0.3, 0.4) is 0 Å². The largest absolute Gasteiger partial charge is 0.507 e. The molecule has 2 N–H and O–H groups in total. The number of carbonyl (C=O) groups excluding carboxylic acids is 1. The molecule has 1 heterocycles. The SMILES string of the molecule is C/C(=N/NC(=O)CSc1nc2ccccc2c(=O)n1-c1ccccc1C)c1ccccc1O. The zero-order chi connectivity index (χ0) is 23.4. The highest BCUT2D eigenvalue weighted by molar-refractivity contribution is 7.99. The van der Waals surface area contributed by atoms with E-state index < -0.39 is 0 Å². The number of hydrogen-bond acceptors (Lipinski definition) is 6. The minimum absolute atomic E-state index is 0.00815. The van der Waals surface area contributed by atoms with Crippen molar-refractivity contribution in [3.8, 4) is 11.4 Å². The smallest absolute Gasteiger partial charge is 0.266 e. The summed E-state index contributed by atoms with van der Waals surface area (Å²) in [5.41, 5.74) is 5.54. The first-order valence-electron chi connectivity index (χ1n) is 10.3. The van der Waals surface area contributed by atoms with Crippen LogP contribution in [-0.2, 0) is 4.79 Å². The minimum Gasteiger partial charge on any atom is -0.507 e. The molecule has 3 aromatic carbocycles. The average molecular weight is 459 g/mol. The number of benzene rings is 3. The van der Waals surface area contributed by atoms with E-state index in [0.717, 1.165) is 23.0 Å². The normalized spacial score (nSPS) is 11.5. The zero-order valence-electron chi connectivity index (χ0n) is 18.1. The van der Waals surface area contributed by atoms with Crippen molar-refractivity contribution < 1.29 is 9.90 Å². The fourth-order valence-corrected chi connectivity index (χ4v) is 4.18. The number of aryl methyl sites for hydroxylation is 1. The molecule has 1 aromatic heterocycles. The second-order valence-electron chi connectivity index (χ2n) is 7.38. The van der Waals surface area contributed by atoms with E-state index in [-0.39, 0.29) is 23.0 Å². The van der Waals surface area contributed by atoms with Gasteiger partial charge in [-0.1, -0.05) is 54.2 Å². The van der Waals surface area contributed by atoms with Gasteiger partial charge in [-0.2, -0.15) is 5.10 Å². The summed E-state index contributed by atoms with van der Waals surface area (Å²) in [4.78, 5) is 30.5. The van der Waals surface area contributed by atoms with Crippen LogP contribution in [0.5, 0.6) is 5.75 Å². The highest BCUT2D eigenvalue weighted by Gasteiger charge is 2.16. The number of fused-ring (bicyclic) bond motifs is 1. The van der Waals surface area contributed by atoms with Gasteiger partial charge in [-0.25, -0.2) is 10.4 Å². The molecule has 0 fully saturated rings. The van der Waals surface area contributed by atoms with E-state index in [1.54, 1.807) is 54.0 Å². The lowest BCUT2D eigenvalue weighted by molar-refractivity contribution is -0.118. The van der Waals surface area contributed by atoms with Gasteiger partial charge in [-0.15, -0.1) is 0 Å². The van der Waals surface area contributed by atoms with Gasteiger partial charge in [-0.3, -0.25) is 14.2 Å². The summed E-state index contributed by atoms with van der Waals surface area (Å²) in [5.74, 6) is -0.257. The van der Waals surface area contributed by atoms with Crippen molar-refractivity contribution in [2.45, 2.75) is 19.0 Å². The maximum Gasteiger partial charge on any atom is 0.266 e. The third-order valence-electron chi connectivity index (χ3n) is 5.08. The van der Waals surface area contributed by atoms with Gasteiger partial charge in [0.25, 0.3) is 11.5 Å². The molecule has 8 heteroatoms. The number of hydrogen-bond donors (Lipinski definition) is 2. The molecule has 33 heavy (non-hydrogen) atoms. The first-order chi connectivity index (χ1) is 16.0. The summed E-state index contributed by atoms with van der Waals surface area (Å²) in [6, 6.07) is 21.5. The second kappa shape index (κ2) is 9.70. The summed E-state index contributed by atoms with van der Waals surface area (Å²) >= 11 is 1.16. The lowest BCUT2D eigenvalue weighted by Crippen LogP contribution is -2.25. The summed E-state index contributed by atoms with van der Waals surface area (Å²) in [7, 11) is 0. The van der Waals surface area contributed by atoms with Crippen LogP contribution in [-0.4, -0.2) is 32.0 Å². The molecule has 7 nitrogen and oxygen atoms in total. The fraction of sp³-hybridized carbons (Fsp3) is 0.120. The van der Waals surface area contributed by atoms with Gasteiger partial charge in [-0.05, 0) is 49.7 Å². The van der Waals surface area contributed by atoms with Crippen LogP contribution in [0, 0.1) is 6.92 Å². The van der Waals surface area contributed by atoms with Crippen LogP contribution >= 0.6 is 11.8 Å². The van der Waals surface area contributed by atoms with Gasteiger partial charge in [0.05, 0.1) is 28.1 Å². The molecule has 1 amide bonds. The molecular formula is C25H22N4O3S. The van der Waals surface area contributed by atoms with Crippen molar-refractivity contribution in [3.05, 3.63) is 94.3 Å². The Balaban J connectivity index is 1.61. The lowest BCUT2D eigenvalue weighted by atomic mass is 10.1. The van der Waals surface area contributed by atoms with Crippen molar-refractivity contribution in [1.82, 2.24) is 15.0 Å². The second-order valence-corrected chi connectivity index (χ2v) is 8.32. The number of para-hydroxylation sites is 3. The molecule has 0 atom stereocenters. The van der Waals surface area contributed by atoms with Crippen molar-refractivity contribution in [1.29, 1.82) is 0 Å². The Bertz CT molecular complexity index is 1430. The molecular weight excluding hydrogens is 436 g/mol. The Morgan fingerprint density at radius 1 is 1.06 bits per heavy atom. The molecule has 0 unspecified atom stereocenters. The molecule has 0 saturated heterocycles. The maximum absolute atomic E-state index is 13.3. The standard InChI is InChI=1S/C25H22N4O3S/c1-16-9-3-7-13-21(16)29-24(32)19-11-4-6-12-20(19)26-25(29)33-15-23(31)28-27-17(2)18-10-5-8-14-22(18)30/h3-14,30H,15H2,1-2H3,(H,28,31)/b27-17-. The molecule has 0 bridgehead atoms. The monoisotopic (exact) mass is 458 g/mol. The number of amides is 1. The quantitative estimate of drug-likeness (QED) is 0.197. The number of rotatable bonds is 6. The molecule has 4 aromatic rings. The molecule has 0 aliphatic rings. The van der Waals surface area contributed by atoms with Crippen LogP contribution in [0.2, 0.25) is 0 Å². The Hall–Kier alpha value is -3.91. The molecule has 0 radical (unpaired) electrons. The number of aromatic hydroxyl groups is 1. The van der Waals surface area contributed by atoms with Crippen LogP contribution in [0.25, 0.3) is 16.6 Å².